The van der Waals surface area contributed by atoms with E-state index in [-0.39, 0.29) is 12.0 Å². The molecule has 2 atom stereocenters. The quantitative estimate of drug-likeness (QED) is 0.837. The topological polar surface area (TPSA) is 49.3 Å². The van der Waals surface area contributed by atoms with Gasteiger partial charge in [0.15, 0.2) is 0 Å². The highest BCUT2D eigenvalue weighted by molar-refractivity contribution is 5.74. The van der Waals surface area contributed by atoms with Crippen molar-refractivity contribution in [2.45, 2.75) is 31.7 Å². The number of nitrogens with one attached hydrogen (secondary N) is 1. The molecule has 0 spiro atoms. The van der Waals surface area contributed by atoms with Crippen LogP contribution in [0.15, 0.2) is 30.3 Å². The summed E-state index contributed by atoms with van der Waals surface area (Å²) in [4.78, 5) is 11.1. The molecule has 1 aliphatic heterocycles. The molecule has 3 nitrogen and oxygen atoms in total. The molecule has 0 aromatic heterocycles. The van der Waals surface area contributed by atoms with Gasteiger partial charge in [0, 0.05) is 0 Å². The Morgan fingerprint density at radius 3 is 2.82 bits per heavy atom. The molecule has 0 saturated carbocycles. The molecular formula is C14H19NO2. The summed E-state index contributed by atoms with van der Waals surface area (Å²) >= 11 is 0. The first-order chi connectivity index (χ1) is 8.27. The Hall–Kier alpha value is -1.35. The van der Waals surface area contributed by atoms with Crippen molar-refractivity contribution >= 4 is 5.97 Å². The van der Waals surface area contributed by atoms with Crippen molar-refractivity contribution in [3.8, 4) is 0 Å². The molecule has 0 bridgehead atoms. The Labute approximate surface area is 102 Å². The lowest BCUT2D eigenvalue weighted by atomic mass is 9.86. The van der Waals surface area contributed by atoms with E-state index < -0.39 is 5.97 Å². The SMILES string of the molecule is O=C(O)[C@@H]1NCCC[C@@H]1CCc1ccccc1. The Morgan fingerprint density at radius 2 is 2.12 bits per heavy atom. The van der Waals surface area contributed by atoms with Crippen molar-refractivity contribution in [1.29, 1.82) is 0 Å². The maximum absolute atomic E-state index is 11.1. The summed E-state index contributed by atoms with van der Waals surface area (Å²) in [6, 6.07) is 9.92. The third-order valence-electron chi connectivity index (χ3n) is 3.50. The molecule has 3 heteroatoms. The van der Waals surface area contributed by atoms with Crippen molar-refractivity contribution in [3.63, 3.8) is 0 Å². The first-order valence-electron chi connectivity index (χ1n) is 6.27. The lowest BCUT2D eigenvalue weighted by Gasteiger charge is -2.29. The van der Waals surface area contributed by atoms with Gasteiger partial charge < -0.3 is 10.4 Å². The highest BCUT2D eigenvalue weighted by atomic mass is 16.4. The Bertz CT molecular complexity index is 364. The zero-order valence-electron chi connectivity index (χ0n) is 9.93. The fourth-order valence-electron chi connectivity index (χ4n) is 2.55. The van der Waals surface area contributed by atoms with E-state index in [2.05, 4.69) is 17.4 Å². The van der Waals surface area contributed by atoms with Crippen molar-refractivity contribution in [1.82, 2.24) is 5.32 Å². The van der Waals surface area contributed by atoms with Crippen LogP contribution < -0.4 is 5.32 Å². The summed E-state index contributed by atoms with van der Waals surface area (Å²) in [7, 11) is 0. The van der Waals surface area contributed by atoms with E-state index in [0.717, 1.165) is 32.2 Å². The fraction of sp³-hybridized carbons (Fsp3) is 0.500. The zero-order valence-corrected chi connectivity index (χ0v) is 9.93. The monoisotopic (exact) mass is 233 g/mol. The van der Waals surface area contributed by atoms with Gasteiger partial charge in [-0.1, -0.05) is 30.3 Å². The maximum atomic E-state index is 11.1. The van der Waals surface area contributed by atoms with Crippen molar-refractivity contribution in [2.75, 3.05) is 6.54 Å². The smallest absolute Gasteiger partial charge is 0.320 e. The molecule has 1 saturated heterocycles. The van der Waals surface area contributed by atoms with Gasteiger partial charge in [-0.25, -0.2) is 0 Å². The molecule has 0 unspecified atom stereocenters. The second kappa shape index (κ2) is 5.82. The van der Waals surface area contributed by atoms with Crippen LogP contribution in [0.4, 0.5) is 0 Å². The largest absolute Gasteiger partial charge is 0.480 e. The summed E-state index contributed by atoms with van der Waals surface area (Å²) < 4.78 is 0. The molecule has 1 aromatic rings. The predicted molar refractivity (Wildman–Crippen MR) is 66.9 cm³/mol. The summed E-state index contributed by atoms with van der Waals surface area (Å²) in [5.41, 5.74) is 1.29. The first-order valence-corrected chi connectivity index (χ1v) is 6.27. The highest BCUT2D eigenvalue weighted by Crippen LogP contribution is 2.22. The number of carboxylic acids is 1. The van der Waals surface area contributed by atoms with E-state index in [4.69, 9.17) is 5.11 Å². The zero-order chi connectivity index (χ0) is 12.1. The molecule has 1 fully saturated rings. The van der Waals surface area contributed by atoms with Crippen LogP contribution in [-0.2, 0) is 11.2 Å². The second-order valence-electron chi connectivity index (χ2n) is 4.70. The van der Waals surface area contributed by atoms with Gasteiger partial charge >= 0.3 is 5.97 Å². The van der Waals surface area contributed by atoms with Crippen LogP contribution in [0.3, 0.4) is 0 Å². The third kappa shape index (κ3) is 3.30. The van der Waals surface area contributed by atoms with E-state index in [9.17, 15) is 4.79 Å². The van der Waals surface area contributed by atoms with Crippen LogP contribution in [0, 0.1) is 5.92 Å². The average Bonchev–Trinajstić information content (AvgIpc) is 2.38. The lowest BCUT2D eigenvalue weighted by Crippen LogP contribution is -2.46. The molecule has 1 aliphatic rings. The normalized spacial score (nSPS) is 24.5. The Morgan fingerprint density at radius 1 is 1.35 bits per heavy atom. The summed E-state index contributed by atoms with van der Waals surface area (Å²) in [6.07, 6.45) is 4.03. The number of rotatable bonds is 4. The number of carbonyl (C=O) groups is 1. The molecule has 17 heavy (non-hydrogen) atoms. The minimum absolute atomic E-state index is 0.265. The Kier molecular flexibility index (Phi) is 4.15. The fourth-order valence-corrected chi connectivity index (χ4v) is 2.55. The van der Waals surface area contributed by atoms with Crippen LogP contribution in [0.2, 0.25) is 0 Å². The second-order valence-corrected chi connectivity index (χ2v) is 4.70. The van der Waals surface area contributed by atoms with Gasteiger partial charge in [-0.3, -0.25) is 4.79 Å². The Balaban J connectivity index is 1.90. The van der Waals surface area contributed by atoms with Crippen molar-refractivity contribution in [3.05, 3.63) is 35.9 Å². The van der Waals surface area contributed by atoms with E-state index in [1.54, 1.807) is 0 Å². The highest BCUT2D eigenvalue weighted by Gasteiger charge is 2.29. The van der Waals surface area contributed by atoms with Crippen LogP contribution in [-0.4, -0.2) is 23.7 Å². The first kappa shape index (κ1) is 12.1. The number of piperidine rings is 1. The van der Waals surface area contributed by atoms with Crippen molar-refractivity contribution in [2.24, 2.45) is 5.92 Å². The van der Waals surface area contributed by atoms with E-state index in [1.165, 1.54) is 5.56 Å². The van der Waals surface area contributed by atoms with Gasteiger partial charge in [0.25, 0.3) is 0 Å². The van der Waals surface area contributed by atoms with Gasteiger partial charge in [0.1, 0.15) is 6.04 Å². The number of aryl methyl sites for hydroxylation is 1. The molecule has 1 aromatic carbocycles. The molecule has 92 valence electrons. The number of hydrogen-bond acceptors (Lipinski definition) is 2. The molecule has 0 radical (unpaired) electrons. The van der Waals surface area contributed by atoms with E-state index in [0.29, 0.717) is 0 Å². The summed E-state index contributed by atoms with van der Waals surface area (Å²) in [6.45, 7) is 0.832. The molecule has 0 amide bonds. The van der Waals surface area contributed by atoms with E-state index in [1.807, 2.05) is 18.2 Å². The molecule has 1 heterocycles. The van der Waals surface area contributed by atoms with Gasteiger partial charge in [-0.15, -0.1) is 0 Å². The summed E-state index contributed by atoms with van der Waals surface area (Å²) in [5, 5.41) is 12.2. The van der Waals surface area contributed by atoms with Crippen molar-refractivity contribution < 1.29 is 9.90 Å². The van der Waals surface area contributed by atoms with Crippen LogP contribution in [0.1, 0.15) is 24.8 Å². The predicted octanol–water partition coefficient (Wildman–Crippen LogP) is 2.07. The van der Waals surface area contributed by atoms with Crippen LogP contribution in [0.25, 0.3) is 0 Å². The minimum Gasteiger partial charge on any atom is -0.480 e. The molecule has 2 N–H and O–H groups in total. The minimum atomic E-state index is -0.706. The van der Waals surface area contributed by atoms with Crippen LogP contribution >= 0.6 is 0 Å². The number of carboxylic acid groups (broad SMARTS) is 1. The number of benzene rings is 1. The van der Waals surface area contributed by atoms with Gasteiger partial charge in [0.2, 0.25) is 0 Å². The maximum Gasteiger partial charge on any atom is 0.320 e. The van der Waals surface area contributed by atoms with Gasteiger partial charge in [-0.05, 0) is 43.7 Å². The standard InChI is InChI=1S/C14H19NO2/c16-14(17)13-12(7-4-10-15-13)9-8-11-5-2-1-3-6-11/h1-3,5-6,12-13,15H,4,7-10H2,(H,16,17)/t12-,13-/m1/s1. The van der Waals surface area contributed by atoms with Gasteiger partial charge in [-0.2, -0.15) is 0 Å². The number of aliphatic carboxylic acids is 1. The summed E-state index contributed by atoms with van der Waals surface area (Å²) in [5.74, 6) is -0.441. The van der Waals surface area contributed by atoms with Crippen LogP contribution in [0.5, 0.6) is 0 Å². The van der Waals surface area contributed by atoms with Gasteiger partial charge in [0.05, 0.1) is 0 Å². The molecule has 2 rings (SSSR count). The average molecular weight is 233 g/mol. The third-order valence-corrected chi connectivity index (χ3v) is 3.50. The lowest BCUT2D eigenvalue weighted by molar-refractivity contribution is -0.141. The molecular weight excluding hydrogens is 214 g/mol. The number of hydrogen-bond donors (Lipinski definition) is 2. The molecule has 0 aliphatic carbocycles. The van der Waals surface area contributed by atoms with E-state index >= 15 is 0 Å².